The Morgan fingerprint density at radius 1 is 1.31 bits per heavy atom. The molecule has 0 fully saturated rings. The van der Waals surface area contributed by atoms with Crippen LogP contribution in [0.25, 0.3) is 22.6 Å². The molecule has 0 unspecified atom stereocenters. The number of para-hydroxylation sites is 2. The predicted molar refractivity (Wildman–Crippen MR) is 59.0 cm³/mol. The molecule has 1 aromatic carbocycles. The molecule has 0 bridgehead atoms. The topological polar surface area (TPSA) is 84.7 Å². The highest BCUT2D eigenvalue weighted by atomic mass is 16.1. The van der Waals surface area contributed by atoms with Crippen molar-refractivity contribution in [2.45, 2.75) is 0 Å². The summed E-state index contributed by atoms with van der Waals surface area (Å²) in [6.07, 6.45) is 1.44. The predicted octanol–water partition coefficient (Wildman–Crippen LogP) is 1.16. The van der Waals surface area contributed by atoms with Crippen molar-refractivity contribution in [2.75, 3.05) is 0 Å². The molecule has 2 aliphatic heterocycles. The van der Waals surface area contributed by atoms with Gasteiger partial charge in [-0.1, -0.05) is 12.1 Å². The Kier molecular flexibility index (Phi) is 1.67. The van der Waals surface area contributed by atoms with Gasteiger partial charge in [0.15, 0.2) is 5.82 Å². The highest BCUT2D eigenvalue weighted by Crippen LogP contribution is 2.23. The summed E-state index contributed by atoms with van der Waals surface area (Å²) in [5.74, 6) is 0.00308. The molecule has 0 spiro atoms. The summed E-state index contributed by atoms with van der Waals surface area (Å²) in [5, 5.41) is 0. The number of primary amides is 1. The van der Waals surface area contributed by atoms with Crippen molar-refractivity contribution >= 4 is 16.9 Å². The molecule has 0 aromatic heterocycles. The number of carbonyl (C=O) groups is 1. The molecule has 2 aliphatic rings. The largest absolute Gasteiger partial charge is 0.365 e. The zero-order valence-electron chi connectivity index (χ0n) is 8.27. The fourth-order valence-corrected chi connectivity index (χ4v) is 1.70. The van der Waals surface area contributed by atoms with Crippen LogP contribution in [0.5, 0.6) is 0 Å². The Labute approximate surface area is 90.7 Å². The number of carbonyl (C=O) groups excluding carboxylic acids is 1. The average Bonchev–Trinajstić information content (AvgIpc) is 2.68. The van der Waals surface area contributed by atoms with Crippen molar-refractivity contribution in [1.82, 2.24) is 15.0 Å². The molecule has 0 saturated carbocycles. The maximum absolute atomic E-state index is 11.1. The summed E-state index contributed by atoms with van der Waals surface area (Å²) in [4.78, 5) is 22.6. The third kappa shape index (κ3) is 1.15. The molecule has 3 N–H and O–H groups in total. The van der Waals surface area contributed by atoms with E-state index in [1.807, 2.05) is 24.3 Å². The molecule has 3 rings (SSSR count). The van der Waals surface area contributed by atoms with Crippen LogP contribution < -0.4 is 5.73 Å². The third-order valence-electron chi connectivity index (χ3n) is 2.46. The molecule has 16 heavy (non-hydrogen) atoms. The minimum atomic E-state index is -0.504. The van der Waals surface area contributed by atoms with Gasteiger partial charge in [-0.2, -0.15) is 0 Å². The number of nitrogens with zero attached hydrogens (tertiary/aromatic N) is 2. The van der Waals surface area contributed by atoms with Gasteiger partial charge in [-0.15, -0.1) is 0 Å². The summed E-state index contributed by atoms with van der Waals surface area (Å²) < 4.78 is 0. The van der Waals surface area contributed by atoms with E-state index >= 15 is 0 Å². The Morgan fingerprint density at radius 2 is 2.12 bits per heavy atom. The van der Waals surface area contributed by atoms with E-state index in [0.29, 0.717) is 17.1 Å². The lowest BCUT2D eigenvalue weighted by atomic mass is 10.2. The number of fused-ring (bicyclic) bond motifs is 2. The number of hydrogen-bond acceptors (Lipinski definition) is 3. The number of hydrogen-bond donors (Lipinski definition) is 2. The molecule has 0 radical (unpaired) electrons. The normalized spacial score (nSPS) is 11.0. The van der Waals surface area contributed by atoms with E-state index in [9.17, 15) is 4.79 Å². The van der Waals surface area contributed by atoms with Crippen LogP contribution >= 0.6 is 0 Å². The van der Waals surface area contributed by atoms with Crippen molar-refractivity contribution in [3.8, 4) is 11.5 Å². The van der Waals surface area contributed by atoms with Crippen molar-refractivity contribution in [2.24, 2.45) is 5.73 Å². The van der Waals surface area contributed by atoms with Gasteiger partial charge in [0, 0.05) is 6.20 Å². The summed E-state index contributed by atoms with van der Waals surface area (Å²) in [5.41, 5.74) is 7.86. The lowest BCUT2D eigenvalue weighted by Crippen LogP contribution is -2.11. The fraction of sp³-hybridized carbons (Fsp3) is 0. The lowest BCUT2D eigenvalue weighted by molar-refractivity contribution is 0.100. The highest BCUT2D eigenvalue weighted by Gasteiger charge is 2.17. The maximum Gasteiger partial charge on any atom is 0.252 e. The van der Waals surface area contributed by atoms with Crippen LogP contribution in [0.2, 0.25) is 0 Å². The van der Waals surface area contributed by atoms with Gasteiger partial charge >= 0.3 is 0 Å². The standard InChI is InChI=1S/C11H8N4O/c12-10(16)6-5-13-11-9(6)14-7-3-1-2-4-8(7)15-11/h1-5,14H,(H2,12,16). The molecular weight excluding hydrogens is 204 g/mol. The first kappa shape index (κ1) is 8.84. The number of rotatable bonds is 1. The number of nitrogens with two attached hydrogens (primary N) is 1. The molecule has 1 aromatic rings. The molecule has 0 atom stereocenters. The van der Waals surface area contributed by atoms with Crippen LogP contribution in [0.1, 0.15) is 10.4 Å². The van der Waals surface area contributed by atoms with Gasteiger partial charge in [0.2, 0.25) is 0 Å². The number of H-pyrrole nitrogens is 1. The summed E-state index contributed by atoms with van der Waals surface area (Å²) in [6, 6.07) is 7.56. The SMILES string of the molecule is NC(=O)c1cnc2nc3ccccc3[nH]c1-2. The second-order valence-corrected chi connectivity index (χ2v) is 3.49. The van der Waals surface area contributed by atoms with Crippen molar-refractivity contribution in [3.63, 3.8) is 0 Å². The Bertz CT molecular complexity index is 658. The van der Waals surface area contributed by atoms with Crippen molar-refractivity contribution in [1.29, 1.82) is 0 Å². The van der Waals surface area contributed by atoms with Crippen LogP contribution in [0.3, 0.4) is 0 Å². The zero-order valence-corrected chi connectivity index (χ0v) is 8.27. The molecule has 78 valence electrons. The molecule has 0 saturated heterocycles. The summed E-state index contributed by atoms with van der Waals surface area (Å²) in [7, 11) is 0. The molecule has 2 heterocycles. The first-order valence-electron chi connectivity index (χ1n) is 4.79. The molecule has 0 aliphatic carbocycles. The molecule has 1 amide bonds. The minimum absolute atomic E-state index is 0.369. The van der Waals surface area contributed by atoms with Crippen molar-refractivity contribution < 1.29 is 4.79 Å². The van der Waals surface area contributed by atoms with E-state index < -0.39 is 5.91 Å². The summed E-state index contributed by atoms with van der Waals surface area (Å²) in [6.45, 7) is 0. The van der Waals surface area contributed by atoms with Gasteiger partial charge in [-0.25, -0.2) is 9.97 Å². The van der Waals surface area contributed by atoms with Gasteiger partial charge in [0.05, 0.1) is 22.3 Å². The lowest BCUT2D eigenvalue weighted by Gasteiger charge is -2.03. The van der Waals surface area contributed by atoms with Crippen LogP contribution in [0.15, 0.2) is 30.5 Å². The van der Waals surface area contributed by atoms with Gasteiger partial charge in [0.25, 0.3) is 5.91 Å². The zero-order chi connectivity index (χ0) is 11.1. The monoisotopic (exact) mass is 212 g/mol. The van der Waals surface area contributed by atoms with E-state index in [0.717, 1.165) is 11.0 Å². The maximum atomic E-state index is 11.1. The van der Waals surface area contributed by atoms with Gasteiger partial charge in [0.1, 0.15) is 0 Å². The van der Waals surface area contributed by atoms with E-state index in [2.05, 4.69) is 15.0 Å². The van der Waals surface area contributed by atoms with E-state index in [1.165, 1.54) is 6.20 Å². The van der Waals surface area contributed by atoms with Gasteiger partial charge in [-0.3, -0.25) is 4.79 Å². The number of aromatic amines is 1. The molecular formula is C11H8N4O. The van der Waals surface area contributed by atoms with E-state index in [1.54, 1.807) is 0 Å². The number of benzene rings is 1. The number of nitrogens with one attached hydrogen (secondary N) is 1. The van der Waals surface area contributed by atoms with Crippen LogP contribution in [0, 0.1) is 0 Å². The second-order valence-electron chi connectivity index (χ2n) is 3.49. The summed E-state index contributed by atoms with van der Waals surface area (Å²) >= 11 is 0. The highest BCUT2D eigenvalue weighted by molar-refractivity contribution is 5.99. The second kappa shape index (κ2) is 3.03. The van der Waals surface area contributed by atoms with Gasteiger partial charge < -0.3 is 10.7 Å². The molecule has 5 nitrogen and oxygen atoms in total. The Hall–Kier alpha value is -2.43. The van der Waals surface area contributed by atoms with Crippen molar-refractivity contribution in [3.05, 3.63) is 36.0 Å². The minimum Gasteiger partial charge on any atom is -0.365 e. The average molecular weight is 212 g/mol. The van der Waals surface area contributed by atoms with Crippen LogP contribution in [-0.4, -0.2) is 20.9 Å². The third-order valence-corrected chi connectivity index (χ3v) is 2.46. The quantitative estimate of drug-likeness (QED) is 0.634. The van der Waals surface area contributed by atoms with Gasteiger partial charge in [-0.05, 0) is 12.1 Å². The fourth-order valence-electron chi connectivity index (χ4n) is 1.70. The first-order chi connectivity index (χ1) is 7.75. The Morgan fingerprint density at radius 3 is 2.94 bits per heavy atom. The van der Waals surface area contributed by atoms with E-state index in [4.69, 9.17) is 5.73 Å². The molecule has 5 heteroatoms. The first-order valence-corrected chi connectivity index (χ1v) is 4.79. The number of amides is 1. The Balaban J connectivity index is 2.40. The smallest absolute Gasteiger partial charge is 0.252 e. The van der Waals surface area contributed by atoms with Crippen LogP contribution in [-0.2, 0) is 0 Å². The number of aromatic nitrogens is 3. The van der Waals surface area contributed by atoms with E-state index in [-0.39, 0.29) is 0 Å². The van der Waals surface area contributed by atoms with Crippen LogP contribution in [0.4, 0.5) is 0 Å².